The predicted octanol–water partition coefficient (Wildman–Crippen LogP) is 2.06. The van der Waals surface area contributed by atoms with Crippen LogP contribution in [0.3, 0.4) is 0 Å². The number of methoxy groups -OCH3 is 1. The normalized spacial score (nSPS) is 15.0. The van der Waals surface area contributed by atoms with Crippen LogP contribution < -0.4 is 15.0 Å². The zero-order valence-electron chi connectivity index (χ0n) is 13.8. The highest BCUT2D eigenvalue weighted by atomic mass is 16.5. The molecule has 2 unspecified atom stereocenters. The molecule has 5 heteroatoms. The molecule has 0 saturated heterocycles. The first-order chi connectivity index (χ1) is 9.82. The van der Waals surface area contributed by atoms with Crippen LogP contribution in [0.25, 0.3) is 0 Å². The SMILES string of the molecule is CNC(C)(CC(C)Oc1cccc(N(C)C)c1)C(=O)OC. The van der Waals surface area contributed by atoms with Gasteiger partial charge in [0.15, 0.2) is 0 Å². The van der Waals surface area contributed by atoms with Crippen molar-refractivity contribution in [2.45, 2.75) is 31.9 Å². The number of nitrogens with zero attached hydrogens (tertiary/aromatic N) is 1. The van der Waals surface area contributed by atoms with E-state index in [1.165, 1.54) is 7.11 Å². The molecule has 0 aliphatic heterocycles. The second-order valence-electron chi connectivity index (χ2n) is 5.60. The molecule has 0 aliphatic rings. The molecule has 1 rings (SSSR count). The van der Waals surface area contributed by atoms with Crippen molar-refractivity contribution in [2.75, 3.05) is 33.2 Å². The van der Waals surface area contributed by atoms with Crippen molar-refractivity contribution >= 4 is 11.7 Å². The Labute approximate surface area is 127 Å². The Bertz CT molecular complexity index is 476. The van der Waals surface area contributed by atoms with E-state index in [0.717, 1.165) is 11.4 Å². The van der Waals surface area contributed by atoms with Gasteiger partial charge in [-0.3, -0.25) is 4.79 Å². The van der Waals surface area contributed by atoms with Gasteiger partial charge in [0, 0.05) is 32.3 Å². The van der Waals surface area contributed by atoms with E-state index in [9.17, 15) is 4.79 Å². The second-order valence-corrected chi connectivity index (χ2v) is 5.60. The monoisotopic (exact) mass is 294 g/mol. The van der Waals surface area contributed by atoms with Crippen molar-refractivity contribution in [1.82, 2.24) is 5.32 Å². The van der Waals surface area contributed by atoms with E-state index in [1.807, 2.05) is 57.1 Å². The van der Waals surface area contributed by atoms with Crippen molar-refractivity contribution in [3.8, 4) is 5.75 Å². The van der Waals surface area contributed by atoms with E-state index in [-0.39, 0.29) is 12.1 Å². The maximum atomic E-state index is 11.8. The quantitative estimate of drug-likeness (QED) is 0.780. The van der Waals surface area contributed by atoms with Crippen molar-refractivity contribution in [3.05, 3.63) is 24.3 Å². The standard InChI is InChI=1S/C16H26N2O3/c1-12(11-16(2,17-3)15(19)20-6)21-14-9-7-8-13(10-14)18(4)5/h7-10,12,17H,11H2,1-6H3. The zero-order chi connectivity index (χ0) is 16.0. The lowest BCUT2D eigenvalue weighted by Crippen LogP contribution is -2.50. The highest BCUT2D eigenvalue weighted by Gasteiger charge is 2.34. The number of nitrogens with one attached hydrogen (secondary N) is 1. The van der Waals surface area contributed by atoms with Crippen LogP contribution in [0.15, 0.2) is 24.3 Å². The summed E-state index contributed by atoms with van der Waals surface area (Å²) >= 11 is 0. The number of carbonyl (C=O) groups is 1. The first kappa shape index (κ1) is 17.3. The molecule has 118 valence electrons. The number of rotatable bonds is 7. The maximum Gasteiger partial charge on any atom is 0.325 e. The molecule has 2 atom stereocenters. The van der Waals surface area contributed by atoms with Crippen LogP contribution in [0.2, 0.25) is 0 Å². The third-order valence-electron chi connectivity index (χ3n) is 3.55. The van der Waals surface area contributed by atoms with Gasteiger partial charge in [-0.2, -0.15) is 0 Å². The predicted molar refractivity (Wildman–Crippen MR) is 85.0 cm³/mol. The molecule has 5 nitrogen and oxygen atoms in total. The number of esters is 1. The van der Waals surface area contributed by atoms with Crippen LogP contribution in [0.5, 0.6) is 5.75 Å². The van der Waals surface area contributed by atoms with Gasteiger partial charge in [0.05, 0.1) is 13.2 Å². The molecule has 1 aromatic rings. The van der Waals surface area contributed by atoms with E-state index in [2.05, 4.69) is 5.32 Å². The van der Waals surface area contributed by atoms with Crippen LogP contribution >= 0.6 is 0 Å². The fourth-order valence-electron chi connectivity index (χ4n) is 2.20. The highest BCUT2D eigenvalue weighted by Crippen LogP contribution is 2.23. The minimum atomic E-state index is -0.757. The van der Waals surface area contributed by atoms with Crippen molar-refractivity contribution in [2.24, 2.45) is 0 Å². The third-order valence-corrected chi connectivity index (χ3v) is 3.55. The number of hydrogen-bond donors (Lipinski definition) is 1. The number of carbonyl (C=O) groups excluding carboxylic acids is 1. The smallest absolute Gasteiger partial charge is 0.325 e. The summed E-state index contributed by atoms with van der Waals surface area (Å²) in [7, 11) is 7.11. The highest BCUT2D eigenvalue weighted by molar-refractivity contribution is 5.80. The molecule has 1 N–H and O–H groups in total. The zero-order valence-corrected chi connectivity index (χ0v) is 13.8. The average molecular weight is 294 g/mol. The Morgan fingerprint density at radius 3 is 2.62 bits per heavy atom. The Balaban J connectivity index is 2.75. The molecule has 0 aromatic heterocycles. The lowest BCUT2D eigenvalue weighted by Gasteiger charge is -2.29. The minimum absolute atomic E-state index is 0.126. The fourth-order valence-corrected chi connectivity index (χ4v) is 2.20. The lowest BCUT2D eigenvalue weighted by atomic mass is 9.95. The summed E-state index contributed by atoms with van der Waals surface area (Å²) in [5, 5.41) is 3.01. The number of likely N-dealkylation sites (N-methyl/N-ethyl adjacent to an activating group) is 1. The van der Waals surface area contributed by atoms with Gasteiger partial charge in [-0.05, 0) is 33.0 Å². The van der Waals surface area contributed by atoms with Gasteiger partial charge < -0.3 is 19.7 Å². The van der Waals surface area contributed by atoms with Gasteiger partial charge in [-0.25, -0.2) is 0 Å². The van der Waals surface area contributed by atoms with Crippen LogP contribution in [0.4, 0.5) is 5.69 Å². The first-order valence-corrected chi connectivity index (χ1v) is 7.03. The van der Waals surface area contributed by atoms with E-state index in [4.69, 9.17) is 9.47 Å². The van der Waals surface area contributed by atoms with Crippen molar-refractivity contribution in [3.63, 3.8) is 0 Å². The van der Waals surface area contributed by atoms with Gasteiger partial charge >= 0.3 is 5.97 Å². The Hall–Kier alpha value is -1.75. The van der Waals surface area contributed by atoms with Gasteiger partial charge in [0.25, 0.3) is 0 Å². The summed E-state index contributed by atoms with van der Waals surface area (Å²) in [4.78, 5) is 13.9. The molecular weight excluding hydrogens is 268 g/mol. The molecule has 0 fully saturated rings. The number of hydrogen-bond acceptors (Lipinski definition) is 5. The third kappa shape index (κ3) is 4.63. The van der Waals surface area contributed by atoms with Crippen LogP contribution in [0.1, 0.15) is 20.3 Å². The topological polar surface area (TPSA) is 50.8 Å². The van der Waals surface area contributed by atoms with Crippen LogP contribution in [-0.2, 0) is 9.53 Å². The molecule has 1 aromatic carbocycles. The summed E-state index contributed by atoms with van der Waals surface area (Å²) in [6.07, 6.45) is 0.390. The summed E-state index contributed by atoms with van der Waals surface area (Å²) in [5.41, 5.74) is 0.317. The lowest BCUT2D eigenvalue weighted by molar-refractivity contribution is -0.148. The summed E-state index contributed by atoms with van der Waals surface area (Å²) in [5.74, 6) is 0.500. The van der Waals surface area contributed by atoms with Crippen LogP contribution in [0, 0.1) is 0 Å². The molecule has 0 spiro atoms. The molecule has 0 saturated carbocycles. The molecule has 0 bridgehead atoms. The van der Waals surface area contributed by atoms with Crippen molar-refractivity contribution < 1.29 is 14.3 Å². The molecule has 0 radical (unpaired) electrons. The van der Waals surface area contributed by atoms with Gasteiger partial charge in [-0.1, -0.05) is 6.07 Å². The largest absolute Gasteiger partial charge is 0.491 e. The van der Waals surface area contributed by atoms with Gasteiger partial charge in [-0.15, -0.1) is 0 Å². The summed E-state index contributed by atoms with van der Waals surface area (Å²) in [6.45, 7) is 3.76. The average Bonchev–Trinajstić information content (AvgIpc) is 2.46. The Morgan fingerprint density at radius 2 is 2.10 bits per heavy atom. The van der Waals surface area contributed by atoms with Crippen molar-refractivity contribution in [1.29, 1.82) is 0 Å². The molecule has 0 aliphatic carbocycles. The van der Waals surface area contributed by atoms with E-state index >= 15 is 0 Å². The van der Waals surface area contributed by atoms with E-state index in [0.29, 0.717) is 6.42 Å². The Morgan fingerprint density at radius 1 is 1.43 bits per heavy atom. The molecule has 0 heterocycles. The van der Waals surface area contributed by atoms with Gasteiger partial charge in [0.2, 0.25) is 0 Å². The summed E-state index contributed by atoms with van der Waals surface area (Å²) in [6, 6.07) is 7.86. The molecule has 0 amide bonds. The number of anilines is 1. The first-order valence-electron chi connectivity index (χ1n) is 7.03. The number of ether oxygens (including phenoxy) is 2. The van der Waals surface area contributed by atoms with E-state index < -0.39 is 5.54 Å². The molecular formula is C16H26N2O3. The second kappa shape index (κ2) is 7.31. The van der Waals surface area contributed by atoms with Gasteiger partial charge in [0.1, 0.15) is 11.3 Å². The molecule has 21 heavy (non-hydrogen) atoms. The van der Waals surface area contributed by atoms with E-state index in [1.54, 1.807) is 7.05 Å². The van der Waals surface area contributed by atoms with Crippen LogP contribution in [-0.4, -0.2) is 45.9 Å². The fraction of sp³-hybridized carbons (Fsp3) is 0.562. The summed E-state index contributed by atoms with van der Waals surface area (Å²) < 4.78 is 10.8. The Kier molecular flexibility index (Phi) is 6.03. The maximum absolute atomic E-state index is 11.8. The minimum Gasteiger partial charge on any atom is -0.491 e. The number of benzene rings is 1.